The van der Waals surface area contributed by atoms with E-state index in [1.165, 1.54) is 11.3 Å². The Morgan fingerprint density at radius 2 is 2.04 bits per heavy atom. The molecule has 1 atom stereocenters. The molecule has 1 N–H and O–H groups in total. The summed E-state index contributed by atoms with van der Waals surface area (Å²) in [6, 6.07) is 8.38. The number of nitrogens with zero attached hydrogens (tertiary/aromatic N) is 2. The zero-order valence-corrected chi connectivity index (χ0v) is 17.2. The van der Waals surface area contributed by atoms with Gasteiger partial charge in [-0.25, -0.2) is 0 Å². The molecule has 3 rings (SSSR count). The lowest BCUT2D eigenvalue weighted by Crippen LogP contribution is -2.35. The molecule has 0 aliphatic carbocycles. The van der Waals surface area contributed by atoms with Crippen LogP contribution in [0.4, 0.5) is 0 Å². The molecule has 0 bridgehead atoms. The summed E-state index contributed by atoms with van der Waals surface area (Å²) < 4.78 is 5.26. The quantitative estimate of drug-likeness (QED) is 0.459. The average molecular weight is 401 g/mol. The van der Waals surface area contributed by atoms with Crippen molar-refractivity contribution >= 4 is 28.8 Å². The van der Waals surface area contributed by atoms with E-state index in [4.69, 9.17) is 4.74 Å². The Hall–Kier alpha value is -2.64. The Kier molecular flexibility index (Phi) is 5.86. The lowest BCUT2D eigenvalue weighted by Gasteiger charge is -2.25. The van der Waals surface area contributed by atoms with Gasteiger partial charge in [0.2, 0.25) is 0 Å². The number of likely N-dealkylation sites (tertiary alicyclic amines) is 1. The Morgan fingerprint density at radius 3 is 2.61 bits per heavy atom. The van der Waals surface area contributed by atoms with E-state index in [0.29, 0.717) is 24.4 Å². The predicted molar refractivity (Wildman–Crippen MR) is 110 cm³/mol. The first-order valence-corrected chi connectivity index (χ1v) is 9.84. The Labute approximate surface area is 168 Å². The number of carbonyl (C=O) groups is 2. The van der Waals surface area contributed by atoms with Gasteiger partial charge in [0, 0.05) is 23.5 Å². The zero-order chi connectivity index (χ0) is 20.4. The summed E-state index contributed by atoms with van der Waals surface area (Å²) in [6.45, 7) is 2.89. The lowest BCUT2D eigenvalue weighted by atomic mass is 9.99. The molecular formula is C21H24N2O4S. The molecule has 1 unspecified atom stereocenters. The van der Waals surface area contributed by atoms with Crippen molar-refractivity contribution in [2.24, 2.45) is 0 Å². The third-order valence-corrected chi connectivity index (χ3v) is 5.73. The van der Waals surface area contributed by atoms with Gasteiger partial charge in [-0.1, -0.05) is 6.07 Å². The van der Waals surface area contributed by atoms with E-state index in [1.54, 1.807) is 30.2 Å². The largest absolute Gasteiger partial charge is 0.507 e. The second kappa shape index (κ2) is 8.16. The molecule has 1 saturated heterocycles. The van der Waals surface area contributed by atoms with E-state index in [1.807, 2.05) is 43.4 Å². The molecule has 6 nitrogen and oxygen atoms in total. The Bertz CT molecular complexity index is 918. The van der Waals surface area contributed by atoms with Gasteiger partial charge in [-0.2, -0.15) is 0 Å². The third kappa shape index (κ3) is 3.68. The fraction of sp³-hybridized carbons (Fsp3) is 0.333. The number of hydrogen-bond acceptors (Lipinski definition) is 6. The molecule has 1 aromatic carbocycles. The Morgan fingerprint density at radius 1 is 1.29 bits per heavy atom. The van der Waals surface area contributed by atoms with Crippen LogP contribution < -0.4 is 4.74 Å². The van der Waals surface area contributed by atoms with Crippen LogP contribution in [0.25, 0.3) is 5.76 Å². The van der Waals surface area contributed by atoms with Gasteiger partial charge in [-0.15, -0.1) is 11.3 Å². The van der Waals surface area contributed by atoms with Gasteiger partial charge in [-0.3, -0.25) is 9.59 Å². The van der Waals surface area contributed by atoms with Crippen molar-refractivity contribution in [1.29, 1.82) is 0 Å². The number of hydrogen-bond donors (Lipinski definition) is 1. The van der Waals surface area contributed by atoms with E-state index >= 15 is 0 Å². The minimum Gasteiger partial charge on any atom is -0.507 e. The number of aryl methyl sites for hydroxylation is 1. The van der Waals surface area contributed by atoms with Gasteiger partial charge in [0.1, 0.15) is 11.5 Å². The maximum Gasteiger partial charge on any atom is 0.295 e. The fourth-order valence-electron chi connectivity index (χ4n) is 3.34. The topological polar surface area (TPSA) is 70.1 Å². The monoisotopic (exact) mass is 400 g/mol. The standard InChI is InChI=1S/C21H24N2O4S/c1-13-12-14(7-8-15(13)27-4)19(24)17-18(16-6-5-11-28-16)23(10-9-22(2)3)21(26)20(17)25/h5-8,11-12,18,24H,9-10H2,1-4H3/b19-17-. The highest BCUT2D eigenvalue weighted by Crippen LogP contribution is 2.41. The van der Waals surface area contributed by atoms with Crippen LogP contribution in [-0.2, 0) is 9.59 Å². The summed E-state index contributed by atoms with van der Waals surface area (Å²) in [4.78, 5) is 29.9. The number of methoxy groups -OCH3 is 1. The van der Waals surface area contributed by atoms with Crippen molar-refractivity contribution < 1.29 is 19.4 Å². The molecule has 1 aromatic heterocycles. The predicted octanol–water partition coefficient (Wildman–Crippen LogP) is 3.05. The van der Waals surface area contributed by atoms with Crippen molar-refractivity contribution in [2.75, 3.05) is 34.3 Å². The summed E-state index contributed by atoms with van der Waals surface area (Å²) in [6.07, 6.45) is 0. The molecule has 28 heavy (non-hydrogen) atoms. The SMILES string of the molecule is COc1ccc(/C(O)=C2/C(=O)C(=O)N(CCN(C)C)C2c2cccs2)cc1C. The number of amides is 1. The van der Waals surface area contributed by atoms with Gasteiger partial charge in [-0.05, 0) is 56.2 Å². The molecule has 1 fully saturated rings. The summed E-state index contributed by atoms with van der Waals surface area (Å²) in [5, 5.41) is 12.9. The number of thiophene rings is 1. The molecule has 2 aromatic rings. The third-order valence-electron chi connectivity index (χ3n) is 4.81. The second-order valence-electron chi connectivity index (χ2n) is 7.00. The van der Waals surface area contributed by atoms with Crippen LogP contribution in [0.5, 0.6) is 5.75 Å². The molecule has 1 amide bonds. The molecule has 148 valence electrons. The van der Waals surface area contributed by atoms with Crippen molar-refractivity contribution in [3.05, 3.63) is 57.3 Å². The maximum atomic E-state index is 12.8. The molecule has 0 spiro atoms. The first-order chi connectivity index (χ1) is 13.3. The van der Waals surface area contributed by atoms with Gasteiger partial charge in [0.05, 0.1) is 18.7 Å². The van der Waals surface area contributed by atoms with Crippen molar-refractivity contribution in [1.82, 2.24) is 9.80 Å². The number of Topliss-reactive ketones (excluding diaryl/α,β-unsaturated/α-hetero) is 1. The number of rotatable bonds is 6. The molecule has 1 aliphatic heterocycles. The van der Waals surface area contributed by atoms with Gasteiger partial charge in [0.15, 0.2) is 0 Å². The Balaban J connectivity index is 2.10. The van der Waals surface area contributed by atoms with E-state index < -0.39 is 17.7 Å². The van der Waals surface area contributed by atoms with E-state index in [9.17, 15) is 14.7 Å². The summed E-state index contributed by atoms with van der Waals surface area (Å²) in [5.41, 5.74) is 1.46. The molecular weight excluding hydrogens is 376 g/mol. The fourth-order valence-corrected chi connectivity index (χ4v) is 4.19. The van der Waals surface area contributed by atoms with Crippen LogP contribution >= 0.6 is 11.3 Å². The minimum absolute atomic E-state index is 0.135. The number of benzene rings is 1. The first kappa shape index (κ1) is 20.1. The number of aliphatic hydroxyl groups excluding tert-OH is 1. The van der Waals surface area contributed by atoms with Gasteiger partial charge < -0.3 is 19.6 Å². The molecule has 0 saturated carbocycles. The minimum atomic E-state index is -0.650. The normalized spacial score (nSPS) is 18.9. The second-order valence-corrected chi connectivity index (χ2v) is 7.97. The molecule has 0 radical (unpaired) electrons. The highest BCUT2D eigenvalue weighted by Gasteiger charge is 2.46. The summed E-state index contributed by atoms with van der Waals surface area (Å²) >= 11 is 1.46. The molecule has 1 aliphatic rings. The number of ketones is 1. The van der Waals surface area contributed by atoms with Crippen LogP contribution in [0.15, 0.2) is 41.3 Å². The van der Waals surface area contributed by atoms with E-state index in [-0.39, 0.29) is 11.3 Å². The molecule has 7 heteroatoms. The summed E-state index contributed by atoms with van der Waals surface area (Å²) in [7, 11) is 5.41. The van der Waals surface area contributed by atoms with Gasteiger partial charge in [0.25, 0.3) is 11.7 Å². The van der Waals surface area contributed by atoms with E-state index in [2.05, 4.69) is 0 Å². The zero-order valence-electron chi connectivity index (χ0n) is 16.4. The summed E-state index contributed by atoms with van der Waals surface area (Å²) in [5.74, 6) is -0.692. The van der Waals surface area contributed by atoms with Crippen molar-refractivity contribution in [3.63, 3.8) is 0 Å². The number of likely N-dealkylation sites (N-methyl/N-ethyl adjacent to an activating group) is 1. The van der Waals surface area contributed by atoms with Crippen LogP contribution in [0.3, 0.4) is 0 Å². The maximum absolute atomic E-state index is 12.8. The van der Waals surface area contributed by atoms with Gasteiger partial charge >= 0.3 is 0 Å². The van der Waals surface area contributed by atoms with Crippen molar-refractivity contribution in [2.45, 2.75) is 13.0 Å². The number of carbonyl (C=O) groups excluding carboxylic acids is 2. The molecule has 2 heterocycles. The number of aliphatic hydroxyl groups is 1. The van der Waals surface area contributed by atoms with Crippen LogP contribution in [0.1, 0.15) is 22.0 Å². The smallest absolute Gasteiger partial charge is 0.295 e. The van der Waals surface area contributed by atoms with Crippen LogP contribution in [0, 0.1) is 6.92 Å². The average Bonchev–Trinajstić information content (AvgIpc) is 3.27. The van der Waals surface area contributed by atoms with Crippen LogP contribution in [-0.4, -0.2) is 60.9 Å². The van der Waals surface area contributed by atoms with E-state index in [0.717, 1.165) is 10.4 Å². The van der Waals surface area contributed by atoms with Crippen molar-refractivity contribution in [3.8, 4) is 5.75 Å². The highest BCUT2D eigenvalue weighted by atomic mass is 32.1. The van der Waals surface area contributed by atoms with Crippen LogP contribution in [0.2, 0.25) is 0 Å². The highest BCUT2D eigenvalue weighted by molar-refractivity contribution is 7.10. The first-order valence-electron chi connectivity index (χ1n) is 8.96. The number of ether oxygens (including phenoxy) is 1. The lowest BCUT2D eigenvalue weighted by molar-refractivity contribution is -0.140.